The van der Waals surface area contributed by atoms with Gasteiger partial charge in [0.25, 0.3) is 5.56 Å². The van der Waals surface area contributed by atoms with E-state index in [1.807, 2.05) is 5.10 Å². The van der Waals surface area contributed by atoms with Gasteiger partial charge in [0.2, 0.25) is 0 Å². The van der Waals surface area contributed by atoms with Gasteiger partial charge in [-0.2, -0.15) is 13.2 Å². The summed E-state index contributed by atoms with van der Waals surface area (Å²) in [5.41, 5.74) is -1.96. The van der Waals surface area contributed by atoms with Crippen molar-refractivity contribution in [3.63, 3.8) is 0 Å². The Morgan fingerprint density at radius 1 is 1.53 bits per heavy atom. The van der Waals surface area contributed by atoms with Gasteiger partial charge in [0.15, 0.2) is 0 Å². The molecule has 0 aliphatic heterocycles. The third-order valence-corrected chi connectivity index (χ3v) is 2.18. The topological polar surface area (TPSA) is 37.8 Å². The van der Waals surface area contributed by atoms with E-state index in [0.29, 0.717) is 0 Å². The summed E-state index contributed by atoms with van der Waals surface area (Å²) in [4.78, 5) is 11.4. The van der Waals surface area contributed by atoms with E-state index in [-0.39, 0.29) is 5.56 Å². The van der Waals surface area contributed by atoms with Gasteiger partial charge in [-0.1, -0.05) is 13.0 Å². The van der Waals surface area contributed by atoms with E-state index in [1.165, 1.54) is 20.0 Å². The van der Waals surface area contributed by atoms with Crippen molar-refractivity contribution >= 4 is 0 Å². The predicted molar refractivity (Wildman–Crippen MR) is 49.6 cm³/mol. The summed E-state index contributed by atoms with van der Waals surface area (Å²) >= 11 is 0. The van der Waals surface area contributed by atoms with Gasteiger partial charge in [-0.25, -0.2) is 0 Å². The molecule has 1 rings (SSSR count). The van der Waals surface area contributed by atoms with Crippen LogP contribution in [-0.4, -0.2) is 9.78 Å². The summed E-state index contributed by atoms with van der Waals surface area (Å²) in [5, 5.41) is 2.00. The van der Waals surface area contributed by atoms with Crippen LogP contribution in [-0.2, 0) is 13.2 Å². The van der Waals surface area contributed by atoms with Gasteiger partial charge in [0, 0.05) is 13.0 Å². The number of nitrogens with zero attached hydrogens (tertiary/aromatic N) is 1. The minimum Gasteiger partial charge on any atom is -0.291 e. The number of rotatable bonds is 2. The zero-order valence-corrected chi connectivity index (χ0v) is 8.35. The van der Waals surface area contributed by atoms with Crippen molar-refractivity contribution in [3.8, 4) is 0 Å². The molecule has 1 aromatic heterocycles. The SMILES string of the molecule is C=CC(C)c1c(C(F)(F)F)[nH]n(C)c1=O. The Kier molecular flexibility index (Phi) is 2.79. The fraction of sp³-hybridized carbons (Fsp3) is 0.444. The number of aryl methyl sites for hydroxylation is 1. The van der Waals surface area contributed by atoms with Crippen LogP contribution in [0.1, 0.15) is 24.1 Å². The number of nitrogens with one attached hydrogen (secondary N) is 1. The monoisotopic (exact) mass is 220 g/mol. The normalized spacial score (nSPS) is 13.9. The largest absolute Gasteiger partial charge is 0.433 e. The molecule has 1 atom stereocenters. The number of alkyl halides is 3. The van der Waals surface area contributed by atoms with Crippen molar-refractivity contribution in [2.24, 2.45) is 7.05 Å². The summed E-state index contributed by atoms with van der Waals surface area (Å²) in [6, 6.07) is 0. The molecule has 0 aliphatic carbocycles. The van der Waals surface area contributed by atoms with Crippen LogP contribution in [0.15, 0.2) is 17.4 Å². The van der Waals surface area contributed by atoms with Gasteiger partial charge >= 0.3 is 6.18 Å². The molecule has 1 unspecified atom stereocenters. The fourth-order valence-corrected chi connectivity index (χ4v) is 1.32. The molecule has 0 amide bonds. The highest BCUT2D eigenvalue weighted by molar-refractivity contribution is 5.27. The molecular weight excluding hydrogens is 209 g/mol. The van der Waals surface area contributed by atoms with Crippen molar-refractivity contribution in [2.75, 3.05) is 0 Å². The molecule has 0 aliphatic rings. The summed E-state index contributed by atoms with van der Waals surface area (Å²) in [7, 11) is 1.25. The van der Waals surface area contributed by atoms with Crippen molar-refractivity contribution in [3.05, 3.63) is 34.3 Å². The second kappa shape index (κ2) is 3.60. The minimum absolute atomic E-state index is 0.292. The highest BCUT2D eigenvalue weighted by Crippen LogP contribution is 2.32. The minimum atomic E-state index is -4.55. The molecule has 0 saturated carbocycles. The van der Waals surface area contributed by atoms with Crippen LogP contribution in [0, 0.1) is 0 Å². The lowest BCUT2D eigenvalue weighted by Crippen LogP contribution is -2.17. The van der Waals surface area contributed by atoms with E-state index in [0.717, 1.165) is 4.68 Å². The Bertz CT molecular complexity index is 428. The predicted octanol–water partition coefficient (Wildman–Crippen LogP) is 2.02. The molecule has 15 heavy (non-hydrogen) atoms. The van der Waals surface area contributed by atoms with Crippen molar-refractivity contribution < 1.29 is 13.2 Å². The first-order chi connectivity index (χ1) is 6.79. The molecular formula is C9H11F3N2O. The average molecular weight is 220 g/mol. The zero-order chi connectivity index (χ0) is 11.8. The van der Waals surface area contributed by atoms with E-state index in [9.17, 15) is 18.0 Å². The van der Waals surface area contributed by atoms with Crippen molar-refractivity contribution in [1.82, 2.24) is 9.78 Å². The van der Waals surface area contributed by atoms with Gasteiger partial charge in [-0.05, 0) is 0 Å². The van der Waals surface area contributed by atoms with Crippen LogP contribution in [0.4, 0.5) is 13.2 Å². The second-order valence-corrected chi connectivity index (χ2v) is 3.29. The quantitative estimate of drug-likeness (QED) is 0.761. The van der Waals surface area contributed by atoms with Gasteiger partial charge < -0.3 is 0 Å². The van der Waals surface area contributed by atoms with Crippen LogP contribution >= 0.6 is 0 Å². The number of aromatic amines is 1. The highest BCUT2D eigenvalue weighted by Gasteiger charge is 2.38. The Morgan fingerprint density at radius 3 is 2.47 bits per heavy atom. The molecule has 0 fully saturated rings. The average Bonchev–Trinajstić information content (AvgIpc) is 2.42. The van der Waals surface area contributed by atoms with E-state index in [2.05, 4.69) is 6.58 Å². The Labute approximate surface area is 84.2 Å². The Hall–Kier alpha value is -1.46. The van der Waals surface area contributed by atoms with Crippen molar-refractivity contribution in [2.45, 2.75) is 19.0 Å². The molecule has 6 heteroatoms. The molecule has 0 spiro atoms. The maximum Gasteiger partial charge on any atom is 0.433 e. The maximum atomic E-state index is 12.5. The lowest BCUT2D eigenvalue weighted by atomic mass is 10.0. The summed E-state index contributed by atoms with van der Waals surface area (Å²) in [6.45, 7) is 4.87. The molecule has 1 aromatic rings. The fourth-order valence-electron chi connectivity index (χ4n) is 1.32. The van der Waals surface area contributed by atoms with E-state index < -0.39 is 23.3 Å². The zero-order valence-electron chi connectivity index (χ0n) is 8.35. The first-order valence-electron chi connectivity index (χ1n) is 4.27. The maximum absolute atomic E-state index is 12.5. The number of hydrogen-bond acceptors (Lipinski definition) is 1. The van der Waals surface area contributed by atoms with Crippen LogP contribution < -0.4 is 5.56 Å². The molecule has 0 bridgehead atoms. The molecule has 0 saturated heterocycles. The third kappa shape index (κ3) is 1.98. The Morgan fingerprint density at radius 2 is 2.07 bits per heavy atom. The molecule has 0 radical (unpaired) electrons. The third-order valence-electron chi connectivity index (χ3n) is 2.18. The lowest BCUT2D eigenvalue weighted by Gasteiger charge is -2.08. The number of halogens is 3. The standard InChI is InChI=1S/C9H11F3N2O/c1-4-5(2)6-7(9(10,11)12)13-14(3)8(6)15/h4-5,13H,1H2,2-3H3. The first kappa shape index (κ1) is 11.6. The number of aromatic nitrogens is 2. The van der Waals surface area contributed by atoms with Crippen LogP contribution in [0.5, 0.6) is 0 Å². The molecule has 0 aromatic carbocycles. The van der Waals surface area contributed by atoms with Gasteiger partial charge in [0.1, 0.15) is 5.69 Å². The molecule has 3 nitrogen and oxygen atoms in total. The summed E-state index contributed by atoms with van der Waals surface area (Å²) in [5.74, 6) is -0.633. The molecule has 84 valence electrons. The van der Waals surface area contributed by atoms with Gasteiger partial charge in [-0.15, -0.1) is 6.58 Å². The van der Waals surface area contributed by atoms with Crippen LogP contribution in [0.2, 0.25) is 0 Å². The summed E-state index contributed by atoms with van der Waals surface area (Å²) < 4.78 is 38.4. The Balaban J connectivity index is 3.47. The van der Waals surface area contributed by atoms with Gasteiger partial charge in [0.05, 0.1) is 5.56 Å². The summed E-state index contributed by atoms with van der Waals surface area (Å²) in [6.07, 6.45) is -3.24. The highest BCUT2D eigenvalue weighted by atomic mass is 19.4. The second-order valence-electron chi connectivity index (χ2n) is 3.29. The molecule has 1 heterocycles. The number of allylic oxidation sites excluding steroid dienone is 1. The van der Waals surface area contributed by atoms with Crippen LogP contribution in [0.3, 0.4) is 0 Å². The number of hydrogen-bond donors (Lipinski definition) is 1. The first-order valence-corrected chi connectivity index (χ1v) is 4.27. The lowest BCUT2D eigenvalue weighted by molar-refractivity contribution is -0.142. The van der Waals surface area contributed by atoms with Gasteiger partial charge in [-0.3, -0.25) is 14.6 Å². The smallest absolute Gasteiger partial charge is 0.291 e. The number of H-pyrrole nitrogens is 1. The van der Waals surface area contributed by atoms with E-state index >= 15 is 0 Å². The van der Waals surface area contributed by atoms with E-state index in [1.54, 1.807) is 0 Å². The molecule has 1 N–H and O–H groups in total. The van der Waals surface area contributed by atoms with Crippen LogP contribution in [0.25, 0.3) is 0 Å². The van der Waals surface area contributed by atoms with E-state index in [4.69, 9.17) is 0 Å². The van der Waals surface area contributed by atoms with Crippen molar-refractivity contribution in [1.29, 1.82) is 0 Å².